The Kier molecular flexibility index (Phi) is 11.6. The van der Waals surface area contributed by atoms with Crippen molar-refractivity contribution in [2.75, 3.05) is 0 Å². The van der Waals surface area contributed by atoms with Crippen molar-refractivity contribution in [1.29, 1.82) is 0 Å². The molecule has 0 saturated heterocycles. The van der Waals surface area contributed by atoms with Crippen LogP contribution in [0.4, 0.5) is 0 Å². The third kappa shape index (κ3) is 7.55. The summed E-state index contributed by atoms with van der Waals surface area (Å²) in [5, 5.41) is 2.54. The summed E-state index contributed by atoms with van der Waals surface area (Å²) in [5.74, 6) is 13.4. The number of fused-ring (bicyclic) bond motifs is 2. The normalized spacial score (nSPS) is 9.89. The number of unbranched alkanes of at least 4 members (excludes halogenated alkanes) is 2. The highest BCUT2D eigenvalue weighted by molar-refractivity contribution is 5.75. The highest BCUT2D eigenvalue weighted by atomic mass is 79.9. The van der Waals surface area contributed by atoms with Crippen LogP contribution in [0.5, 0.6) is 0 Å². The van der Waals surface area contributed by atoms with Gasteiger partial charge in [-0.15, -0.1) is 0 Å². The van der Waals surface area contributed by atoms with Gasteiger partial charge in [0, 0.05) is 71.8 Å². The predicted molar refractivity (Wildman–Crippen MR) is 147 cm³/mol. The van der Waals surface area contributed by atoms with E-state index in [-0.39, 0.29) is 34.0 Å². The number of para-hydroxylation sites is 2. The molecule has 38 heavy (non-hydrogen) atoms. The summed E-state index contributed by atoms with van der Waals surface area (Å²) in [6.45, 7) is 1.93. The van der Waals surface area contributed by atoms with Gasteiger partial charge in [-0.25, -0.2) is 0 Å². The Morgan fingerprint density at radius 2 is 0.868 bits per heavy atom. The van der Waals surface area contributed by atoms with Crippen molar-refractivity contribution < 1.29 is 43.1 Å². The van der Waals surface area contributed by atoms with Gasteiger partial charge >= 0.3 is 0 Å². The van der Waals surface area contributed by atoms with Gasteiger partial charge in [-0.2, -0.15) is 9.13 Å². The van der Waals surface area contributed by atoms with E-state index in [1.807, 2.05) is 12.1 Å². The number of hydrogen-bond donors (Lipinski definition) is 0. The number of hydrogen-bond acceptors (Lipinski definition) is 0. The molecule has 0 saturated carbocycles. The summed E-state index contributed by atoms with van der Waals surface area (Å²) in [6.07, 6.45) is 8.07. The fourth-order valence-electron chi connectivity index (χ4n) is 4.52. The monoisotopic (exact) mass is 624 g/mol. The zero-order valence-electron chi connectivity index (χ0n) is 21.3. The van der Waals surface area contributed by atoms with Crippen LogP contribution >= 0.6 is 0 Å². The Bertz CT molecular complexity index is 1490. The molecule has 0 unspecified atom stereocenters. The van der Waals surface area contributed by atoms with Crippen LogP contribution in [0.15, 0.2) is 109 Å². The fraction of sp³-hybridized carbons (Fsp3) is 0.176. The molecule has 5 aromatic rings. The number of halogens is 2. The van der Waals surface area contributed by atoms with Gasteiger partial charge in [0.2, 0.25) is 11.0 Å². The Labute approximate surface area is 246 Å². The first-order chi connectivity index (χ1) is 17.9. The van der Waals surface area contributed by atoms with E-state index in [9.17, 15) is 0 Å². The molecular formula is C34H30Br2N2. The van der Waals surface area contributed by atoms with E-state index in [4.69, 9.17) is 0 Å². The maximum atomic E-state index is 3.37. The Morgan fingerprint density at radius 3 is 1.34 bits per heavy atom. The predicted octanol–water partition coefficient (Wildman–Crippen LogP) is 0.240. The Balaban J connectivity index is 0.00000200. The van der Waals surface area contributed by atoms with Crippen molar-refractivity contribution in [2.24, 2.45) is 0 Å². The van der Waals surface area contributed by atoms with Crippen molar-refractivity contribution >= 4 is 21.8 Å². The fourth-order valence-corrected chi connectivity index (χ4v) is 4.52. The molecule has 0 N–H and O–H groups in total. The van der Waals surface area contributed by atoms with Crippen LogP contribution < -0.4 is 43.1 Å². The van der Waals surface area contributed by atoms with Crippen LogP contribution in [0.2, 0.25) is 0 Å². The Morgan fingerprint density at radius 1 is 0.474 bits per heavy atom. The number of benzene rings is 3. The lowest BCUT2D eigenvalue weighted by molar-refractivity contribution is -0.671. The summed E-state index contributed by atoms with van der Waals surface area (Å²) < 4.78 is 4.62. The molecule has 0 amide bonds. The van der Waals surface area contributed by atoms with Gasteiger partial charge in [-0.1, -0.05) is 60.1 Å². The summed E-state index contributed by atoms with van der Waals surface area (Å²) in [4.78, 5) is 0. The summed E-state index contributed by atoms with van der Waals surface area (Å²) >= 11 is 0. The van der Waals surface area contributed by atoms with Crippen molar-refractivity contribution in [1.82, 2.24) is 0 Å². The molecular weight excluding hydrogens is 596 g/mol. The lowest BCUT2D eigenvalue weighted by atomic mass is 10.1. The van der Waals surface area contributed by atoms with Gasteiger partial charge in [0.15, 0.2) is 12.4 Å². The largest absolute Gasteiger partial charge is 1.00 e. The minimum Gasteiger partial charge on any atom is -1.00 e. The topological polar surface area (TPSA) is 7.76 Å². The molecule has 0 radical (unpaired) electrons. The molecule has 3 aromatic carbocycles. The highest BCUT2D eigenvalue weighted by Gasteiger charge is 2.07. The van der Waals surface area contributed by atoms with E-state index in [0.717, 1.165) is 49.9 Å². The number of nitrogens with zero attached hydrogens (tertiary/aromatic N) is 2. The second-order valence-electron chi connectivity index (χ2n) is 8.88. The lowest BCUT2D eigenvalue weighted by Crippen LogP contribution is -3.00. The van der Waals surface area contributed by atoms with Crippen molar-refractivity contribution in [3.63, 3.8) is 0 Å². The first-order valence-electron chi connectivity index (χ1n) is 12.7. The van der Waals surface area contributed by atoms with E-state index in [2.05, 4.69) is 130 Å². The van der Waals surface area contributed by atoms with E-state index < -0.39 is 0 Å². The second-order valence-corrected chi connectivity index (χ2v) is 8.88. The van der Waals surface area contributed by atoms with Crippen LogP contribution in [0.1, 0.15) is 36.8 Å². The maximum Gasteiger partial charge on any atom is 0.212 e. The SMILES string of the molecule is C(#Cc1ccccc1C#CCCC[n+]1cccc2ccccc21)CCC[n+]1cccc2ccccc21.[Br-].[Br-]. The molecule has 4 heteroatoms. The Hall–Kier alpha value is -3.44. The zero-order valence-corrected chi connectivity index (χ0v) is 24.5. The lowest BCUT2D eigenvalue weighted by Gasteiger charge is -2.00. The molecule has 0 aliphatic heterocycles. The van der Waals surface area contributed by atoms with Gasteiger partial charge < -0.3 is 34.0 Å². The maximum absolute atomic E-state index is 3.37. The van der Waals surface area contributed by atoms with Gasteiger partial charge in [0.1, 0.15) is 13.1 Å². The van der Waals surface area contributed by atoms with Crippen LogP contribution in [0.3, 0.4) is 0 Å². The second kappa shape index (κ2) is 15.1. The summed E-state index contributed by atoms with van der Waals surface area (Å²) in [7, 11) is 0. The first kappa shape index (κ1) is 29.1. The van der Waals surface area contributed by atoms with Crippen LogP contribution in [0, 0.1) is 23.7 Å². The van der Waals surface area contributed by atoms with Crippen LogP contribution in [-0.2, 0) is 13.1 Å². The van der Waals surface area contributed by atoms with Crippen LogP contribution in [-0.4, -0.2) is 0 Å². The summed E-state index contributed by atoms with van der Waals surface area (Å²) in [5.41, 5.74) is 4.58. The standard InChI is InChI=1S/C34H30N2.2BrH/c1(11-25-35-27-13-21-31-19-7-9-23-33(31)35)3-15-29-17-5-6-18-30(29)16-4-2-12-26-36-28-14-22-32-20-8-10-24-34(32)36;;/h5-10,13-14,17-24,27-28H,1-2,11-12,25-26H2;2*1H/q+2;;/p-2. The molecule has 2 aromatic heterocycles. The molecule has 2 heterocycles. The van der Waals surface area contributed by atoms with Crippen molar-refractivity contribution in [3.05, 3.63) is 121 Å². The first-order valence-corrected chi connectivity index (χ1v) is 12.7. The van der Waals surface area contributed by atoms with Gasteiger partial charge in [0.25, 0.3) is 0 Å². The molecule has 0 fully saturated rings. The van der Waals surface area contributed by atoms with Gasteiger partial charge in [0.05, 0.1) is 0 Å². The molecule has 0 atom stereocenters. The average Bonchev–Trinajstić information content (AvgIpc) is 2.93. The molecule has 0 aliphatic rings. The molecule has 0 spiro atoms. The van der Waals surface area contributed by atoms with E-state index in [1.54, 1.807) is 0 Å². The van der Waals surface area contributed by atoms with E-state index >= 15 is 0 Å². The number of pyridine rings is 2. The molecule has 190 valence electrons. The van der Waals surface area contributed by atoms with Crippen molar-refractivity contribution in [3.8, 4) is 23.7 Å². The van der Waals surface area contributed by atoms with Crippen LogP contribution in [0.25, 0.3) is 21.8 Å². The third-order valence-electron chi connectivity index (χ3n) is 6.35. The van der Waals surface area contributed by atoms with Gasteiger partial charge in [-0.05, 0) is 36.4 Å². The van der Waals surface area contributed by atoms with Crippen molar-refractivity contribution in [2.45, 2.75) is 38.8 Å². The van der Waals surface area contributed by atoms with E-state index in [1.165, 1.54) is 21.8 Å². The average molecular weight is 626 g/mol. The number of aromatic nitrogens is 2. The summed E-state index contributed by atoms with van der Waals surface area (Å²) in [6, 6.07) is 33.8. The number of rotatable bonds is 6. The molecule has 5 rings (SSSR count). The number of aryl methyl sites for hydroxylation is 2. The van der Waals surface area contributed by atoms with E-state index in [0.29, 0.717) is 0 Å². The minimum atomic E-state index is 0. The highest BCUT2D eigenvalue weighted by Crippen LogP contribution is 2.10. The zero-order chi connectivity index (χ0) is 24.4. The van der Waals surface area contributed by atoms with Gasteiger partial charge in [-0.3, -0.25) is 0 Å². The quantitative estimate of drug-likeness (QED) is 0.145. The molecule has 0 aliphatic carbocycles. The minimum absolute atomic E-state index is 0. The molecule has 0 bridgehead atoms. The smallest absolute Gasteiger partial charge is 0.212 e. The third-order valence-corrected chi connectivity index (χ3v) is 6.35. The molecule has 2 nitrogen and oxygen atoms in total.